The molecule has 1 atom stereocenters. The standard InChI is InChI=1S/C20H20ClN3O2S/c21-17-9-4-5-12-20(17)27(25,26)23-18-10-6-11-19-16(18)13-22-24(19)14-15-7-2-1-3-8-15/h1-5,7-9,12-13,18,23H,6,10-11,14H2. The molecule has 5 nitrogen and oxygen atoms in total. The molecule has 1 aromatic heterocycles. The van der Waals surface area contributed by atoms with E-state index in [1.54, 1.807) is 24.4 Å². The van der Waals surface area contributed by atoms with E-state index in [1.807, 2.05) is 22.9 Å². The molecule has 1 unspecified atom stereocenters. The first kappa shape index (κ1) is 18.2. The van der Waals surface area contributed by atoms with Crippen molar-refractivity contribution >= 4 is 21.6 Å². The van der Waals surface area contributed by atoms with Crippen LogP contribution in [0.1, 0.15) is 35.7 Å². The van der Waals surface area contributed by atoms with Crippen LogP contribution in [0.5, 0.6) is 0 Å². The number of hydrogen-bond acceptors (Lipinski definition) is 3. The summed E-state index contributed by atoms with van der Waals surface area (Å²) >= 11 is 6.09. The third-order valence-electron chi connectivity index (χ3n) is 4.86. The van der Waals surface area contributed by atoms with Crippen molar-refractivity contribution in [3.05, 3.63) is 82.6 Å². The van der Waals surface area contributed by atoms with Crippen molar-refractivity contribution in [3.8, 4) is 0 Å². The molecule has 4 rings (SSSR count). The number of aromatic nitrogens is 2. The fraction of sp³-hybridized carbons (Fsp3) is 0.250. The van der Waals surface area contributed by atoms with Crippen LogP contribution in [0.3, 0.4) is 0 Å². The van der Waals surface area contributed by atoms with Crippen molar-refractivity contribution in [2.24, 2.45) is 0 Å². The van der Waals surface area contributed by atoms with Gasteiger partial charge in [-0.3, -0.25) is 4.68 Å². The molecule has 3 aromatic rings. The molecule has 2 aromatic carbocycles. The number of fused-ring (bicyclic) bond motifs is 1. The molecule has 0 radical (unpaired) electrons. The van der Waals surface area contributed by atoms with Crippen molar-refractivity contribution in [3.63, 3.8) is 0 Å². The highest BCUT2D eigenvalue weighted by atomic mass is 35.5. The number of rotatable bonds is 5. The van der Waals surface area contributed by atoms with E-state index in [1.165, 1.54) is 11.6 Å². The predicted molar refractivity (Wildman–Crippen MR) is 105 cm³/mol. The minimum absolute atomic E-state index is 0.107. The van der Waals surface area contributed by atoms with Gasteiger partial charge in [0.15, 0.2) is 0 Å². The zero-order valence-electron chi connectivity index (χ0n) is 14.7. The van der Waals surface area contributed by atoms with E-state index in [0.29, 0.717) is 6.54 Å². The summed E-state index contributed by atoms with van der Waals surface area (Å²) in [5, 5.41) is 4.74. The first-order chi connectivity index (χ1) is 13.0. The van der Waals surface area contributed by atoms with E-state index in [-0.39, 0.29) is 16.0 Å². The fourth-order valence-electron chi connectivity index (χ4n) is 3.55. The molecule has 1 aliphatic carbocycles. The molecule has 1 heterocycles. The SMILES string of the molecule is O=S(=O)(NC1CCCc2c1cnn2Cc1ccccc1)c1ccccc1Cl. The molecular formula is C20H20ClN3O2S. The first-order valence-corrected chi connectivity index (χ1v) is 10.8. The predicted octanol–water partition coefficient (Wildman–Crippen LogP) is 3.94. The molecule has 0 saturated heterocycles. The average molecular weight is 402 g/mol. The molecule has 0 saturated carbocycles. The van der Waals surface area contributed by atoms with Crippen molar-refractivity contribution < 1.29 is 8.42 Å². The lowest BCUT2D eigenvalue weighted by Gasteiger charge is -2.24. The van der Waals surface area contributed by atoms with Gasteiger partial charge in [0.2, 0.25) is 10.0 Å². The molecule has 1 aliphatic rings. The van der Waals surface area contributed by atoms with Crippen LogP contribution in [0.15, 0.2) is 65.7 Å². The maximum absolute atomic E-state index is 12.8. The second-order valence-electron chi connectivity index (χ2n) is 6.69. The smallest absolute Gasteiger partial charge is 0.242 e. The summed E-state index contributed by atoms with van der Waals surface area (Å²) in [5.41, 5.74) is 3.21. The number of nitrogens with zero attached hydrogens (tertiary/aromatic N) is 2. The van der Waals surface area contributed by atoms with Crippen molar-refractivity contribution in [1.82, 2.24) is 14.5 Å². The van der Waals surface area contributed by atoms with Crippen LogP contribution in [0.2, 0.25) is 5.02 Å². The van der Waals surface area contributed by atoms with Gasteiger partial charge in [-0.1, -0.05) is 54.1 Å². The lowest BCUT2D eigenvalue weighted by Crippen LogP contribution is -2.31. The van der Waals surface area contributed by atoms with Crippen molar-refractivity contribution in [1.29, 1.82) is 0 Å². The molecule has 140 valence electrons. The van der Waals surface area contributed by atoms with E-state index in [2.05, 4.69) is 22.0 Å². The zero-order chi connectivity index (χ0) is 18.9. The Hall–Kier alpha value is -2.15. The minimum atomic E-state index is -3.70. The lowest BCUT2D eigenvalue weighted by molar-refractivity contribution is 0.494. The Kier molecular flexibility index (Phi) is 5.04. The van der Waals surface area contributed by atoms with Crippen LogP contribution in [-0.2, 0) is 23.0 Å². The largest absolute Gasteiger partial charge is 0.265 e. The molecular weight excluding hydrogens is 382 g/mol. The van der Waals surface area contributed by atoms with E-state index < -0.39 is 10.0 Å². The van der Waals surface area contributed by atoms with Gasteiger partial charge in [0.05, 0.1) is 23.8 Å². The Morgan fingerprint density at radius 3 is 2.63 bits per heavy atom. The van der Waals surface area contributed by atoms with Crippen molar-refractivity contribution in [2.45, 2.75) is 36.7 Å². The van der Waals surface area contributed by atoms with E-state index >= 15 is 0 Å². The second-order valence-corrected chi connectivity index (χ2v) is 8.78. The fourth-order valence-corrected chi connectivity index (χ4v) is 5.32. The van der Waals surface area contributed by atoms with Gasteiger partial charge >= 0.3 is 0 Å². The van der Waals surface area contributed by atoms with E-state index in [0.717, 1.165) is 30.5 Å². The van der Waals surface area contributed by atoms with Crippen LogP contribution >= 0.6 is 11.6 Å². The number of hydrogen-bond donors (Lipinski definition) is 1. The summed E-state index contributed by atoms with van der Waals surface area (Å²) in [6.07, 6.45) is 4.33. The summed E-state index contributed by atoms with van der Waals surface area (Å²) in [6.45, 7) is 0.681. The highest BCUT2D eigenvalue weighted by Gasteiger charge is 2.29. The van der Waals surface area contributed by atoms with Crippen LogP contribution in [0.25, 0.3) is 0 Å². The average Bonchev–Trinajstić information content (AvgIpc) is 3.07. The molecule has 0 fully saturated rings. The van der Waals surface area contributed by atoms with Gasteiger partial charge in [-0.15, -0.1) is 0 Å². The molecule has 27 heavy (non-hydrogen) atoms. The molecule has 0 spiro atoms. The Labute approximate surface area is 164 Å². The van der Waals surface area contributed by atoms with Gasteiger partial charge in [-0.25, -0.2) is 13.1 Å². The quantitative estimate of drug-likeness (QED) is 0.704. The van der Waals surface area contributed by atoms with Gasteiger partial charge in [0.1, 0.15) is 4.90 Å². The third-order valence-corrected chi connectivity index (χ3v) is 6.83. The highest BCUT2D eigenvalue weighted by molar-refractivity contribution is 7.89. The molecule has 0 aliphatic heterocycles. The van der Waals surface area contributed by atoms with Crippen LogP contribution in [0, 0.1) is 0 Å². The van der Waals surface area contributed by atoms with Gasteiger partial charge in [0, 0.05) is 11.3 Å². The summed E-state index contributed by atoms with van der Waals surface area (Å²) in [7, 11) is -3.70. The Bertz CT molecular complexity index is 1050. The maximum atomic E-state index is 12.8. The van der Waals surface area contributed by atoms with Crippen molar-refractivity contribution in [2.75, 3.05) is 0 Å². The summed E-state index contributed by atoms with van der Waals surface area (Å²) in [5.74, 6) is 0. The van der Waals surface area contributed by atoms with Gasteiger partial charge < -0.3 is 0 Å². The third kappa shape index (κ3) is 3.78. The van der Waals surface area contributed by atoms with Crippen LogP contribution < -0.4 is 4.72 Å². The van der Waals surface area contributed by atoms with E-state index in [4.69, 9.17) is 11.6 Å². The summed E-state index contributed by atoms with van der Waals surface area (Å²) in [4.78, 5) is 0.107. The Morgan fingerprint density at radius 1 is 1.11 bits per heavy atom. The first-order valence-electron chi connectivity index (χ1n) is 8.90. The van der Waals surface area contributed by atoms with Gasteiger partial charge in [0.25, 0.3) is 0 Å². The molecule has 0 bridgehead atoms. The summed E-state index contributed by atoms with van der Waals surface area (Å²) in [6, 6.07) is 16.3. The summed E-state index contributed by atoms with van der Waals surface area (Å²) < 4.78 is 30.4. The molecule has 7 heteroatoms. The lowest BCUT2D eigenvalue weighted by atomic mass is 9.94. The minimum Gasteiger partial charge on any atom is -0.265 e. The van der Waals surface area contributed by atoms with E-state index in [9.17, 15) is 8.42 Å². The normalized spacial score (nSPS) is 16.9. The number of halogens is 1. The maximum Gasteiger partial charge on any atom is 0.242 e. The Balaban J connectivity index is 1.60. The Morgan fingerprint density at radius 2 is 1.85 bits per heavy atom. The second kappa shape index (κ2) is 7.46. The van der Waals surface area contributed by atoms with Crippen LogP contribution in [0.4, 0.5) is 0 Å². The molecule has 1 N–H and O–H groups in total. The highest BCUT2D eigenvalue weighted by Crippen LogP contribution is 2.32. The monoisotopic (exact) mass is 401 g/mol. The van der Waals surface area contributed by atoms with Gasteiger partial charge in [-0.05, 0) is 37.0 Å². The zero-order valence-corrected chi connectivity index (χ0v) is 16.2. The van der Waals surface area contributed by atoms with Gasteiger partial charge in [-0.2, -0.15) is 5.10 Å². The number of benzene rings is 2. The number of sulfonamides is 1. The topological polar surface area (TPSA) is 64.0 Å². The molecule has 0 amide bonds. The van der Waals surface area contributed by atoms with Crippen LogP contribution in [-0.4, -0.2) is 18.2 Å². The number of nitrogens with one attached hydrogen (secondary N) is 1.